The average molecular weight is 278 g/mol. The number of pyridine rings is 1. The summed E-state index contributed by atoms with van der Waals surface area (Å²) >= 11 is 1.42. The number of carbonyl (C=O) groups is 1. The second kappa shape index (κ2) is 5.23. The van der Waals surface area contributed by atoms with Gasteiger partial charge < -0.3 is 16.2 Å². The van der Waals surface area contributed by atoms with Gasteiger partial charge in [0.1, 0.15) is 5.82 Å². The Morgan fingerprint density at radius 1 is 1.53 bits per heavy atom. The lowest BCUT2D eigenvalue weighted by Crippen LogP contribution is -2.05. The van der Waals surface area contributed by atoms with Crippen LogP contribution in [-0.2, 0) is 0 Å². The maximum atomic E-state index is 11.1. The van der Waals surface area contributed by atoms with Crippen molar-refractivity contribution < 1.29 is 9.90 Å². The zero-order chi connectivity index (χ0) is 14.0. The molecule has 2 heterocycles. The lowest BCUT2D eigenvalue weighted by Gasteiger charge is -2.07. The maximum Gasteiger partial charge on any atom is 0.338 e. The fourth-order valence-electron chi connectivity index (χ4n) is 1.47. The van der Waals surface area contributed by atoms with E-state index in [1.165, 1.54) is 23.6 Å². The first kappa shape index (κ1) is 13.3. The number of carboxylic acid groups (broad SMARTS) is 1. The zero-order valence-electron chi connectivity index (χ0n) is 10.5. The van der Waals surface area contributed by atoms with Crippen molar-refractivity contribution in [2.45, 2.75) is 19.8 Å². The van der Waals surface area contributed by atoms with Crippen molar-refractivity contribution in [1.29, 1.82) is 0 Å². The number of thiazole rings is 1. The number of aromatic carboxylic acids is 1. The number of nitrogen functional groups attached to an aromatic ring is 1. The average Bonchev–Trinajstić information content (AvgIpc) is 2.80. The van der Waals surface area contributed by atoms with E-state index in [1.54, 1.807) is 0 Å². The van der Waals surface area contributed by atoms with Crippen LogP contribution in [0, 0.1) is 0 Å². The summed E-state index contributed by atoms with van der Waals surface area (Å²) in [5.74, 6) is -0.558. The molecule has 2 aromatic rings. The first-order valence-electron chi connectivity index (χ1n) is 5.68. The lowest BCUT2D eigenvalue weighted by molar-refractivity contribution is 0.0698. The molecule has 0 saturated heterocycles. The number of nitrogens with one attached hydrogen (secondary N) is 1. The van der Waals surface area contributed by atoms with E-state index in [0.29, 0.717) is 16.7 Å². The molecule has 0 aliphatic rings. The van der Waals surface area contributed by atoms with Crippen molar-refractivity contribution in [3.8, 4) is 0 Å². The minimum Gasteiger partial charge on any atom is -0.478 e. The predicted molar refractivity (Wildman–Crippen MR) is 75.1 cm³/mol. The van der Waals surface area contributed by atoms with Crippen LogP contribution < -0.4 is 11.1 Å². The largest absolute Gasteiger partial charge is 0.478 e. The smallest absolute Gasteiger partial charge is 0.338 e. The molecule has 19 heavy (non-hydrogen) atoms. The highest BCUT2D eigenvalue weighted by atomic mass is 32.1. The number of aromatic nitrogens is 2. The number of anilines is 3. The van der Waals surface area contributed by atoms with Gasteiger partial charge in [0.15, 0.2) is 5.13 Å². The maximum absolute atomic E-state index is 11.1. The van der Waals surface area contributed by atoms with E-state index in [0.717, 1.165) is 5.69 Å². The molecule has 0 aromatic carbocycles. The molecule has 0 aliphatic heterocycles. The van der Waals surface area contributed by atoms with Gasteiger partial charge in [-0.1, -0.05) is 13.8 Å². The van der Waals surface area contributed by atoms with Crippen molar-refractivity contribution >= 4 is 33.9 Å². The molecule has 7 heteroatoms. The van der Waals surface area contributed by atoms with E-state index in [-0.39, 0.29) is 11.4 Å². The van der Waals surface area contributed by atoms with Gasteiger partial charge in [0.2, 0.25) is 0 Å². The molecule has 100 valence electrons. The molecule has 6 nitrogen and oxygen atoms in total. The fourth-order valence-corrected chi connectivity index (χ4v) is 2.36. The van der Waals surface area contributed by atoms with E-state index < -0.39 is 5.97 Å². The van der Waals surface area contributed by atoms with Gasteiger partial charge in [0, 0.05) is 5.38 Å². The van der Waals surface area contributed by atoms with Crippen LogP contribution in [-0.4, -0.2) is 21.0 Å². The Labute approximate surface area is 114 Å². The van der Waals surface area contributed by atoms with Gasteiger partial charge in [0.25, 0.3) is 0 Å². The molecule has 0 aliphatic carbocycles. The van der Waals surface area contributed by atoms with Crippen LogP contribution in [0.3, 0.4) is 0 Å². The van der Waals surface area contributed by atoms with Crippen LogP contribution in [0.4, 0.5) is 16.6 Å². The highest BCUT2D eigenvalue weighted by Gasteiger charge is 2.13. The van der Waals surface area contributed by atoms with Crippen molar-refractivity contribution in [1.82, 2.24) is 9.97 Å². The minimum atomic E-state index is -1.06. The fraction of sp³-hybridized carbons (Fsp3) is 0.250. The molecular weight excluding hydrogens is 264 g/mol. The monoisotopic (exact) mass is 278 g/mol. The van der Waals surface area contributed by atoms with E-state index in [1.807, 2.05) is 19.2 Å². The van der Waals surface area contributed by atoms with Crippen LogP contribution in [0.2, 0.25) is 0 Å². The Hall–Kier alpha value is -2.15. The predicted octanol–water partition coefficient (Wildman–Crippen LogP) is 2.69. The zero-order valence-corrected chi connectivity index (χ0v) is 11.4. The van der Waals surface area contributed by atoms with Crippen LogP contribution in [0.5, 0.6) is 0 Å². The molecule has 4 N–H and O–H groups in total. The van der Waals surface area contributed by atoms with Gasteiger partial charge in [-0.3, -0.25) is 0 Å². The normalized spacial score (nSPS) is 10.7. The summed E-state index contributed by atoms with van der Waals surface area (Å²) in [5, 5.41) is 14.7. The third-order valence-electron chi connectivity index (χ3n) is 2.51. The summed E-state index contributed by atoms with van der Waals surface area (Å²) in [7, 11) is 0. The standard InChI is InChI=1S/C12H14N4O2S/c1-6(2)9-5-19-12(16-9)15-8-4-14-10(13)3-7(8)11(17)18/h3-6H,1-2H3,(H2,13,14)(H,15,16)(H,17,18). The van der Waals surface area contributed by atoms with Gasteiger partial charge in [-0.05, 0) is 12.0 Å². The molecule has 0 spiro atoms. The number of nitrogens with zero attached hydrogens (tertiary/aromatic N) is 2. The Kier molecular flexibility index (Phi) is 3.66. The van der Waals surface area contributed by atoms with Gasteiger partial charge in [0.05, 0.1) is 23.1 Å². The van der Waals surface area contributed by atoms with Gasteiger partial charge >= 0.3 is 5.97 Å². The number of rotatable bonds is 4. The summed E-state index contributed by atoms with van der Waals surface area (Å²) in [5.41, 5.74) is 6.91. The number of hydrogen-bond donors (Lipinski definition) is 3. The van der Waals surface area contributed by atoms with Crippen molar-refractivity contribution in [2.24, 2.45) is 0 Å². The Bertz CT molecular complexity index is 610. The highest BCUT2D eigenvalue weighted by Crippen LogP contribution is 2.26. The SMILES string of the molecule is CC(C)c1csc(Nc2cnc(N)cc2C(=O)O)n1. The van der Waals surface area contributed by atoms with Gasteiger partial charge in [-0.2, -0.15) is 0 Å². The number of carboxylic acids is 1. The molecule has 2 aromatic heterocycles. The third-order valence-corrected chi connectivity index (χ3v) is 3.29. The van der Waals surface area contributed by atoms with E-state index in [4.69, 9.17) is 10.8 Å². The molecule has 0 bridgehead atoms. The Balaban J connectivity index is 2.29. The van der Waals surface area contributed by atoms with E-state index in [2.05, 4.69) is 15.3 Å². The summed E-state index contributed by atoms with van der Waals surface area (Å²) < 4.78 is 0. The summed E-state index contributed by atoms with van der Waals surface area (Å²) in [6, 6.07) is 1.32. The Morgan fingerprint density at radius 3 is 2.84 bits per heavy atom. The summed E-state index contributed by atoms with van der Waals surface area (Å²) in [4.78, 5) is 19.4. The van der Waals surface area contributed by atoms with Crippen LogP contribution in [0.15, 0.2) is 17.6 Å². The molecule has 0 amide bonds. The molecule has 0 saturated carbocycles. The first-order valence-corrected chi connectivity index (χ1v) is 6.56. The molecule has 0 fully saturated rings. The van der Waals surface area contributed by atoms with Crippen LogP contribution in [0.25, 0.3) is 0 Å². The quantitative estimate of drug-likeness (QED) is 0.794. The van der Waals surface area contributed by atoms with Crippen LogP contribution in [0.1, 0.15) is 35.8 Å². The topological polar surface area (TPSA) is 101 Å². The van der Waals surface area contributed by atoms with Crippen LogP contribution >= 0.6 is 11.3 Å². The van der Waals surface area contributed by atoms with Crippen molar-refractivity contribution in [2.75, 3.05) is 11.1 Å². The van der Waals surface area contributed by atoms with Crippen molar-refractivity contribution in [3.63, 3.8) is 0 Å². The summed E-state index contributed by atoms with van der Waals surface area (Å²) in [6.45, 7) is 4.10. The second-order valence-electron chi connectivity index (χ2n) is 4.32. The van der Waals surface area contributed by atoms with E-state index in [9.17, 15) is 4.79 Å². The first-order chi connectivity index (χ1) is 8.97. The molecular formula is C12H14N4O2S. The molecule has 0 atom stereocenters. The van der Waals surface area contributed by atoms with Crippen molar-refractivity contribution in [3.05, 3.63) is 28.9 Å². The number of nitrogens with two attached hydrogens (primary N) is 1. The highest BCUT2D eigenvalue weighted by molar-refractivity contribution is 7.13. The second-order valence-corrected chi connectivity index (χ2v) is 5.18. The van der Waals surface area contributed by atoms with Gasteiger partial charge in [-0.15, -0.1) is 11.3 Å². The minimum absolute atomic E-state index is 0.0776. The molecule has 0 radical (unpaired) electrons. The van der Waals surface area contributed by atoms with Gasteiger partial charge in [-0.25, -0.2) is 14.8 Å². The molecule has 0 unspecified atom stereocenters. The number of hydrogen-bond acceptors (Lipinski definition) is 6. The lowest BCUT2D eigenvalue weighted by atomic mass is 10.2. The molecule has 2 rings (SSSR count). The summed E-state index contributed by atoms with van der Waals surface area (Å²) in [6.07, 6.45) is 1.40. The Morgan fingerprint density at radius 2 is 2.26 bits per heavy atom. The third kappa shape index (κ3) is 3.00. The van der Waals surface area contributed by atoms with E-state index >= 15 is 0 Å².